The third kappa shape index (κ3) is 3.24. The number of nitriles is 1. The summed E-state index contributed by atoms with van der Waals surface area (Å²) in [5, 5.41) is 9.54. The zero-order valence-electron chi connectivity index (χ0n) is 10.8. The van der Waals surface area contributed by atoms with Gasteiger partial charge >= 0.3 is 0 Å². The largest absolute Gasteiger partial charge is 0.487 e. The van der Waals surface area contributed by atoms with E-state index in [0.717, 1.165) is 22.6 Å². The van der Waals surface area contributed by atoms with E-state index in [0.29, 0.717) is 17.2 Å². The maximum Gasteiger partial charge on any atom is 0.130 e. The maximum absolute atomic E-state index is 8.90. The van der Waals surface area contributed by atoms with Gasteiger partial charge in [-0.15, -0.1) is 0 Å². The summed E-state index contributed by atoms with van der Waals surface area (Å²) in [4.78, 5) is 4.19. The number of hydrogen-bond acceptors (Lipinski definition) is 3. The van der Waals surface area contributed by atoms with E-state index < -0.39 is 0 Å². The van der Waals surface area contributed by atoms with Gasteiger partial charge in [0, 0.05) is 11.2 Å². The lowest BCUT2D eigenvalue weighted by Crippen LogP contribution is -2.01. The molecule has 0 aliphatic rings. The molecule has 1 aromatic carbocycles. The van der Waals surface area contributed by atoms with Crippen LogP contribution in [0.1, 0.15) is 22.4 Å². The minimum Gasteiger partial charge on any atom is -0.487 e. The van der Waals surface area contributed by atoms with Crippen molar-refractivity contribution >= 4 is 11.6 Å². The number of pyridine rings is 1. The first-order chi connectivity index (χ1) is 9.10. The highest BCUT2D eigenvalue weighted by Gasteiger charge is 2.07. The van der Waals surface area contributed by atoms with E-state index in [9.17, 15) is 0 Å². The molecule has 3 nitrogen and oxygen atoms in total. The summed E-state index contributed by atoms with van der Waals surface area (Å²) in [6.07, 6.45) is 1.65. The third-order valence-corrected chi connectivity index (χ3v) is 2.97. The normalized spacial score (nSPS) is 10.0. The maximum atomic E-state index is 8.90. The summed E-state index contributed by atoms with van der Waals surface area (Å²) in [6, 6.07) is 9.26. The average molecular weight is 273 g/mol. The molecule has 2 rings (SSSR count). The van der Waals surface area contributed by atoms with Crippen molar-refractivity contribution in [3.63, 3.8) is 0 Å². The Morgan fingerprint density at radius 3 is 2.53 bits per heavy atom. The highest BCUT2D eigenvalue weighted by atomic mass is 35.5. The molecule has 1 heterocycles. The van der Waals surface area contributed by atoms with Crippen molar-refractivity contribution in [3.05, 3.63) is 57.9 Å². The number of nitrogens with zero attached hydrogens (tertiary/aromatic N) is 2. The van der Waals surface area contributed by atoms with Crippen molar-refractivity contribution in [2.24, 2.45) is 0 Å². The van der Waals surface area contributed by atoms with Gasteiger partial charge in [-0.05, 0) is 49.2 Å². The Morgan fingerprint density at radius 1 is 1.26 bits per heavy atom. The van der Waals surface area contributed by atoms with Gasteiger partial charge in [0.1, 0.15) is 12.4 Å². The number of ether oxygens (including phenoxy) is 1. The molecule has 0 aliphatic heterocycles. The van der Waals surface area contributed by atoms with Crippen molar-refractivity contribution in [2.75, 3.05) is 0 Å². The Kier molecular flexibility index (Phi) is 4.03. The Labute approximate surface area is 117 Å². The van der Waals surface area contributed by atoms with Crippen LogP contribution in [0.5, 0.6) is 5.75 Å². The topological polar surface area (TPSA) is 45.9 Å². The standard InChI is InChI=1S/C15H13ClN2O/c1-10-5-12(8-17)6-11(2)15(10)19-9-14-7-13(16)3-4-18-14/h3-7H,9H2,1-2H3. The smallest absolute Gasteiger partial charge is 0.130 e. The van der Waals surface area contributed by atoms with Crippen LogP contribution in [0.3, 0.4) is 0 Å². The van der Waals surface area contributed by atoms with Gasteiger partial charge in [-0.25, -0.2) is 0 Å². The molecule has 2 aromatic rings. The summed E-state index contributed by atoms with van der Waals surface area (Å²) >= 11 is 5.90. The van der Waals surface area contributed by atoms with Crippen molar-refractivity contribution in [1.82, 2.24) is 4.98 Å². The molecule has 0 saturated carbocycles. The molecular weight excluding hydrogens is 260 g/mol. The molecule has 0 spiro atoms. The SMILES string of the molecule is Cc1cc(C#N)cc(C)c1OCc1cc(Cl)ccn1. The highest BCUT2D eigenvalue weighted by molar-refractivity contribution is 6.30. The number of hydrogen-bond donors (Lipinski definition) is 0. The fourth-order valence-electron chi connectivity index (χ4n) is 1.92. The number of rotatable bonds is 3. The zero-order chi connectivity index (χ0) is 13.8. The Balaban J connectivity index is 2.18. The monoisotopic (exact) mass is 272 g/mol. The van der Waals surface area contributed by atoms with Crippen LogP contribution >= 0.6 is 11.6 Å². The lowest BCUT2D eigenvalue weighted by atomic mass is 10.1. The first-order valence-corrected chi connectivity index (χ1v) is 6.22. The second-order valence-electron chi connectivity index (χ2n) is 4.31. The Bertz CT molecular complexity index is 624. The lowest BCUT2D eigenvalue weighted by Gasteiger charge is -2.12. The molecule has 1 aromatic heterocycles. The van der Waals surface area contributed by atoms with Gasteiger partial charge in [-0.2, -0.15) is 5.26 Å². The van der Waals surface area contributed by atoms with Crippen molar-refractivity contribution in [3.8, 4) is 11.8 Å². The summed E-state index contributed by atoms with van der Waals surface area (Å²) in [5.41, 5.74) is 3.30. The number of aromatic nitrogens is 1. The summed E-state index contributed by atoms with van der Waals surface area (Å²) in [5.74, 6) is 0.792. The van der Waals surface area contributed by atoms with E-state index in [-0.39, 0.29) is 0 Å². The van der Waals surface area contributed by atoms with Gasteiger partial charge in [0.05, 0.1) is 17.3 Å². The molecule has 19 heavy (non-hydrogen) atoms. The molecule has 0 amide bonds. The minimum absolute atomic E-state index is 0.355. The molecule has 0 atom stereocenters. The Hall–Kier alpha value is -2.05. The second kappa shape index (κ2) is 5.73. The van der Waals surface area contributed by atoms with E-state index in [1.54, 1.807) is 18.3 Å². The zero-order valence-corrected chi connectivity index (χ0v) is 11.5. The molecule has 0 aliphatic carbocycles. The molecule has 0 N–H and O–H groups in total. The molecule has 0 radical (unpaired) electrons. The van der Waals surface area contributed by atoms with Crippen molar-refractivity contribution in [2.45, 2.75) is 20.5 Å². The van der Waals surface area contributed by atoms with Gasteiger partial charge in [0.2, 0.25) is 0 Å². The van der Waals surface area contributed by atoms with Gasteiger partial charge in [-0.3, -0.25) is 4.98 Å². The first kappa shape index (κ1) is 13.4. The van der Waals surface area contributed by atoms with Gasteiger partial charge in [0.15, 0.2) is 0 Å². The predicted octanol–water partition coefficient (Wildman–Crippen LogP) is 3.80. The van der Waals surface area contributed by atoms with Gasteiger partial charge in [0.25, 0.3) is 0 Å². The molecule has 0 fully saturated rings. The fraction of sp³-hybridized carbons (Fsp3) is 0.200. The van der Waals surface area contributed by atoms with E-state index in [2.05, 4.69) is 11.1 Å². The number of benzene rings is 1. The van der Waals surface area contributed by atoms with Gasteiger partial charge < -0.3 is 4.74 Å². The number of halogens is 1. The summed E-state index contributed by atoms with van der Waals surface area (Å²) in [7, 11) is 0. The molecular formula is C15H13ClN2O. The van der Waals surface area contributed by atoms with Crippen molar-refractivity contribution in [1.29, 1.82) is 5.26 Å². The highest BCUT2D eigenvalue weighted by Crippen LogP contribution is 2.25. The van der Waals surface area contributed by atoms with E-state index in [4.69, 9.17) is 21.6 Å². The van der Waals surface area contributed by atoms with Crippen LogP contribution in [-0.2, 0) is 6.61 Å². The van der Waals surface area contributed by atoms with Crippen LogP contribution < -0.4 is 4.74 Å². The summed E-state index contributed by atoms with van der Waals surface area (Å²) in [6.45, 7) is 4.21. The fourth-order valence-corrected chi connectivity index (χ4v) is 2.10. The Morgan fingerprint density at radius 2 is 1.95 bits per heavy atom. The third-order valence-electron chi connectivity index (χ3n) is 2.73. The molecule has 0 saturated heterocycles. The van der Waals surface area contributed by atoms with E-state index in [1.165, 1.54) is 0 Å². The molecule has 4 heteroatoms. The van der Waals surface area contributed by atoms with Crippen LogP contribution in [0.4, 0.5) is 0 Å². The van der Waals surface area contributed by atoms with Crippen LogP contribution in [0.15, 0.2) is 30.5 Å². The van der Waals surface area contributed by atoms with E-state index >= 15 is 0 Å². The predicted molar refractivity (Wildman–Crippen MR) is 74.2 cm³/mol. The van der Waals surface area contributed by atoms with Gasteiger partial charge in [-0.1, -0.05) is 11.6 Å². The quantitative estimate of drug-likeness (QED) is 0.854. The van der Waals surface area contributed by atoms with Crippen LogP contribution in [0.2, 0.25) is 5.02 Å². The molecule has 96 valence electrons. The minimum atomic E-state index is 0.355. The number of aryl methyl sites for hydroxylation is 2. The van der Waals surface area contributed by atoms with Crippen LogP contribution in [0.25, 0.3) is 0 Å². The van der Waals surface area contributed by atoms with E-state index in [1.807, 2.05) is 26.0 Å². The lowest BCUT2D eigenvalue weighted by molar-refractivity contribution is 0.297. The van der Waals surface area contributed by atoms with Crippen molar-refractivity contribution < 1.29 is 4.74 Å². The summed E-state index contributed by atoms with van der Waals surface area (Å²) < 4.78 is 5.78. The first-order valence-electron chi connectivity index (χ1n) is 5.84. The molecule has 0 bridgehead atoms. The van der Waals surface area contributed by atoms with Crippen LogP contribution in [0, 0.1) is 25.2 Å². The van der Waals surface area contributed by atoms with Crippen LogP contribution in [-0.4, -0.2) is 4.98 Å². The second-order valence-corrected chi connectivity index (χ2v) is 4.74. The molecule has 0 unspecified atom stereocenters. The average Bonchev–Trinajstić information content (AvgIpc) is 2.37.